The molecule has 20 heavy (non-hydrogen) atoms. The van der Waals surface area contributed by atoms with Crippen LogP contribution in [0.15, 0.2) is 70.6 Å². The molecule has 2 aromatic rings. The van der Waals surface area contributed by atoms with E-state index in [2.05, 4.69) is 77.2 Å². The zero-order chi connectivity index (χ0) is 14.4. The quantitative estimate of drug-likeness (QED) is 0.515. The van der Waals surface area contributed by atoms with E-state index in [9.17, 15) is 0 Å². The van der Waals surface area contributed by atoms with Crippen molar-refractivity contribution in [3.05, 3.63) is 71.2 Å². The van der Waals surface area contributed by atoms with Crippen molar-refractivity contribution in [2.75, 3.05) is 11.1 Å². The van der Waals surface area contributed by atoms with Crippen LogP contribution in [0.5, 0.6) is 0 Å². The molecule has 1 N–H and O–H groups in total. The summed E-state index contributed by atoms with van der Waals surface area (Å²) in [6, 6.07) is 17.1. The highest BCUT2D eigenvalue weighted by Crippen LogP contribution is 2.30. The van der Waals surface area contributed by atoms with E-state index in [0.29, 0.717) is 0 Å². The molecule has 1 atom stereocenters. The van der Waals surface area contributed by atoms with Crippen LogP contribution in [0.1, 0.15) is 18.5 Å². The summed E-state index contributed by atoms with van der Waals surface area (Å²) >= 11 is 5.32. The molecular weight excluding hydrogens is 330 g/mol. The minimum Gasteiger partial charge on any atom is -0.378 e. The molecule has 0 saturated carbocycles. The van der Waals surface area contributed by atoms with Gasteiger partial charge in [0, 0.05) is 26.9 Å². The van der Waals surface area contributed by atoms with E-state index in [1.165, 1.54) is 16.1 Å². The maximum absolute atomic E-state index is 3.78. The van der Waals surface area contributed by atoms with Crippen molar-refractivity contribution in [3.8, 4) is 0 Å². The van der Waals surface area contributed by atoms with Gasteiger partial charge in [0.05, 0.1) is 0 Å². The summed E-state index contributed by atoms with van der Waals surface area (Å²) < 4.78 is 1.11. The van der Waals surface area contributed by atoms with Crippen LogP contribution in [0.3, 0.4) is 0 Å². The van der Waals surface area contributed by atoms with Gasteiger partial charge >= 0.3 is 0 Å². The van der Waals surface area contributed by atoms with E-state index >= 15 is 0 Å². The number of benzene rings is 2. The molecule has 0 bridgehead atoms. The Hall–Kier alpha value is -1.19. The summed E-state index contributed by atoms with van der Waals surface area (Å²) in [6.07, 6.45) is 1.93. The Morgan fingerprint density at radius 3 is 2.80 bits per heavy atom. The normalized spacial score (nSPS) is 11.9. The van der Waals surface area contributed by atoms with Crippen LogP contribution in [0.2, 0.25) is 0 Å². The average Bonchev–Trinajstić information content (AvgIpc) is 2.46. The van der Waals surface area contributed by atoms with Crippen LogP contribution < -0.4 is 5.32 Å². The van der Waals surface area contributed by atoms with E-state index in [1.807, 2.05) is 12.1 Å². The first-order valence-corrected chi connectivity index (χ1v) is 8.33. The number of hydrogen-bond donors (Lipinski definition) is 1. The smallest absolute Gasteiger partial charge is 0.0486 e. The van der Waals surface area contributed by atoms with Gasteiger partial charge in [-0.3, -0.25) is 0 Å². The molecule has 2 aromatic carbocycles. The summed E-state index contributed by atoms with van der Waals surface area (Å²) in [6.45, 7) is 5.95. The molecule has 1 nitrogen and oxygen atoms in total. The molecule has 0 radical (unpaired) electrons. The van der Waals surface area contributed by atoms with Crippen molar-refractivity contribution < 1.29 is 0 Å². The van der Waals surface area contributed by atoms with Gasteiger partial charge in [-0.25, -0.2) is 0 Å². The molecular formula is C17H18BrNS. The molecule has 2 rings (SSSR count). The van der Waals surface area contributed by atoms with Gasteiger partial charge in [0.1, 0.15) is 0 Å². The predicted molar refractivity (Wildman–Crippen MR) is 93.5 cm³/mol. The maximum atomic E-state index is 3.78. The Bertz CT molecular complexity index is 583. The number of halogens is 1. The minimum atomic E-state index is 0.262. The third-order valence-electron chi connectivity index (χ3n) is 2.96. The number of para-hydroxylation sites is 1. The molecule has 0 aliphatic rings. The van der Waals surface area contributed by atoms with Crippen LogP contribution in [0.25, 0.3) is 0 Å². The first kappa shape index (κ1) is 15.2. The molecule has 0 saturated heterocycles. The van der Waals surface area contributed by atoms with Crippen LogP contribution >= 0.6 is 27.7 Å². The fourth-order valence-corrected chi connectivity index (χ4v) is 3.12. The summed E-state index contributed by atoms with van der Waals surface area (Å²) in [7, 11) is 0. The van der Waals surface area contributed by atoms with Crippen molar-refractivity contribution in [1.29, 1.82) is 0 Å². The molecule has 0 heterocycles. The van der Waals surface area contributed by atoms with Crippen molar-refractivity contribution in [1.82, 2.24) is 0 Å². The second-order valence-corrected chi connectivity index (χ2v) is 6.49. The Labute approximate surface area is 133 Å². The topological polar surface area (TPSA) is 12.0 Å². The number of anilines is 1. The Morgan fingerprint density at radius 1 is 1.25 bits per heavy atom. The van der Waals surface area contributed by atoms with Crippen LogP contribution in [-0.2, 0) is 0 Å². The van der Waals surface area contributed by atoms with Gasteiger partial charge in [-0.05, 0) is 36.8 Å². The molecule has 3 heteroatoms. The number of nitrogens with one attached hydrogen (secondary N) is 1. The number of thioether (sulfide) groups is 1. The lowest BCUT2D eigenvalue weighted by Gasteiger charge is -2.18. The Kier molecular flexibility index (Phi) is 5.74. The van der Waals surface area contributed by atoms with E-state index in [0.717, 1.165) is 10.2 Å². The third-order valence-corrected chi connectivity index (χ3v) is 4.53. The summed E-state index contributed by atoms with van der Waals surface area (Å²) in [4.78, 5) is 1.26. The lowest BCUT2D eigenvalue weighted by Crippen LogP contribution is -2.07. The van der Waals surface area contributed by atoms with Crippen molar-refractivity contribution in [3.63, 3.8) is 0 Å². The zero-order valence-corrected chi connectivity index (χ0v) is 13.9. The van der Waals surface area contributed by atoms with Gasteiger partial charge in [0.2, 0.25) is 0 Å². The Morgan fingerprint density at radius 2 is 2.05 bits per heavy atom. The highest BCUT2D eigenvalue weighted by atomic mass is 79.9. The van der Waals surface area contributed by atoms with Crippen molar-refractivity contribution >= 4 is 33.4 Å². The van der Waals surface area contributed by atoms with Crippen LogP contribution in [-0.4, -0.2) is 5.75 Å². The number of hydrogen-bond acceptors (Lipinski definition) is 2. The monoisotopic (exact) mass is 347 g/mol. The van der Waals surface area contributed by atoms with Crippen molar-refractivity contribution in [2.45, 2.75) is 17.9 Å². The molecule has 0 amide bonds. The average molecular weight is 348 g/mol. The van der Waals surface area contributed by atoms with Gasteiger partial charge in [0.25, 0.3) is 0 Å². The molecule has 104 valence electrons. The highest BCUT2D eigenvalue weighted by Gasteiger charge is 2.08. The molecule has 0 spiro atoms. The first-order valence-electron chi connectivity index (χ1n) is 6.55. The van der Waals surface area contributed by atoms with E-state index in [1.54, 1.807) is 11.8 Å². The highest BCUT2D eigenvalue weighted by molar-refractivity contribution is 9.10. The largest absolute Gasteiger partial charge is 0.378 e. The first-order chi connectivity index (χ1) is 9.70. The summed E-state index contributed by atoms with van der Waals surface area (Å²) in [5.74, 6) is 0.921. The predicted octanol–water partition coefficient (Wildman–Crippen LogP) is 5.90. The lowest BCUT2D eigenvalue weighted by atomic mass is 10.1. The lowest BCUT2D eigenvalue weighted by molar-refractivity contribution is 0.878. The summed E-state index contributed by atoms with van der Waals surface area (Å²) in [5, 5.41) is 3.59. The zero-order valence-electron chi connectivity index (χ0n) is 11.5. The number of rotatable bonds is 6. The second kappa shape index (κ2) is 7.55. The van der Waals surface area contributed by atoms with E-state index < -0.39 is 0 Å². The van der Waals surface area contributed by atoms with Crippen LogP contribution in [0, 0.1) is 0 Å². The van der Waals surface area contributed by atoms with Gasteiger partial charge in [-0.2, -0.15) is 0 Å². The second-order valence-electron chi connectivity index (χ2n) is 4.52. The molecule has 0 aliphatic carbocycles. The van der Waals surface area contributed by atoms with Crippen LogP contribution in [0.4, 0.5) is 5.69 Å². The maximum Gasteiger partial charge on any atom is 0.0486 e. The SMILES string of the molecule is C=CCSc1ccccc1NC(C)c1cccc(Br)c1. The standard InChI is InChI=1S/C17H18BrNS/c1-3-11-20-17-10-5-4-9-16(17)19-13(2)14-7-6-8-15(18)12-14/h3-10,12-13,19H,1,11H2,2H3. The molecule has 0 aromatic heterocycles. The van der Waals surface area contributed by atoms with Gasteiger partial charge in [-0.15, -0.1) is 18.3 Å². The van der Waals surface area contributed by atoms with Crippen molar-refractivity contribution in [2.24, 2.45) is 0 Å². The van der Waals surface area contributed by atoms with Gasteiger partial charge < -0.3 is 5.32 Å². The van der Waals surface area contributed by atoms with E-state index in [4.69, 9.17) is 0 Å². The Balaban J connectivity index is 2.15. The summed E-state index contributed by atoms with van der Waals surface area (Å²) in [5.41, 5.74) is 2.44. The fourth-order valence-electron chi connectivity index (χ4n) is 1.95. The van der Waals surface area contributed by atoms with Gasteiger partial charge in [0.15, 0.2) is 0 Å². The molecule has 1 unspecified atom stereocenters. The van der Waals surface area contributed by atoms with Gasteiger partial charge in [-0.1, -0.05) is 46.3 Å². The molecule has 0 aliphatic heterocycles. The molecule has 0 fully saturated rings. The third kappa shape index (κ3) is 4.15. The fraction of sp³-hybridized carbons (Fsp3) is 0.176. The van der Waals surface area contributed by atoms with E-state index in [-0.39, 0.29) is 6.04 Å². The minimum absolute atomic E-state index is 0.262.